The third-order valence-electron chi connectivity index (χ3n) is 4.14. The van der Waals surface area contributed by atoms with Crippen LogP contribution in [0.15, 0.2) is 34.9 Å². The van der Waals surface area contributed by atoms with Crippen LogP contribution in [0.2, 0.25) is 0 Å². The maximum atomic E-state index is 8.95. The van der Waals surface area contributed by atoms with E-state index < -0.39 is 0 Å². The zero-order valence-electron chi connectivity index (χ0n) is 16.5. The molecule has 1 N–H and O–H groups in total. The fourth-order valence-electron chi connectivity index (χ4n) is 2.75. The van der Waals surface area contributed by atoms with Crippen LogP contribution in [0.3, 0.4) is 0 Å². The van der Waals surface area contributed by atoms with Gasteiger partial charge in [-0.25, -0.2) is 0 Å². The number of rotatable bonds is 11. The van der Waals surface area contributed by atoms with Crippen LogP contribution in [0.5, 0.6) is 0 Å². The van der Waals surface area contributed by atoms with E-state index in [2.05, 4.69) is 65.5 Å². The van der Waals surface area contributed by atoms with Crippen molar-refractivity contribution < 1.29 is 5.11 Å². The summed E-state index contributed by atoms with van der Waals surface area (Å²) < 4.78 is 0. The molecule has 0 aromatic carbocycles. The summed E-state index contributed by atoms with van der Waals surface area (Å²) in [7, 11) is 0. The SMILES string of the molecule is CC(C)=CCC/C(=C/CC/C(C)=C/CO)CN(C(C)C)C(C)C. The molecule has 0 fully saturated rings. The highest BCUT2D eigenvalue weighted by Gasteiger charge is 2.14. The summed E-state index contributed by atoms with van der Waals surface area (Å²) >= 11 is 0. The molecule has 134 valence electrons. The molecule has 0 aliphatic carbocycles. The van der Waals surface area contributed by atoms with E-state index in [1.165, 1.54) is 11.1 Å². The van der Waals surface area contributed by atoms with Gasteiger partial charge in [-0.15, -0.1) is 0 Å². The number of allylic oxidation sites excluding steroid dienone is 4. The Labute approximate surface area is 145 Å². The van der Waals surface area contributed by atoms with Crippen molar-refractivity contribution in [3.8, 4) is 0 Å². The summed E-state index contributed by atoms with van der Waals surface area (Å²) in [5.74, 6) is 0. The minimum absolute atomic E-state index is 0.150. The van der Waals surface area contributed by atoms with Crippen molar-refractivity contribution in [3.63, 3.8) is 0 Å². The van der Waals surface area contributed by atoms with Gasteiger partial charge in [0.25, 0.3) is 0 Å². The van der Waals surface area contributed by atoms with E-state index in [0.29, 0.717) is 12.1 Å². The van der Waals surface area contributed by atoms with Crippen LogP contribution in [0.4, 0.5) is 0 Å². The molecular weight excluding hydrogens is 282 g/mol. The maximum absolute atomic E-state index is 8.95. The van der Waals surface area contributed by atoms with Gasteiger partial charge in [0.05, 0.1) is 6.61 Å². The van der Waals surface area contributed by atoms with Crippen molar-refractivity contribution in [3.05, 3.63) is 34.9 Å². The second-order valence-electron chi connectivity index (χ2n) is 7.31. The molecule has 0 bridgehead atoms. The number of aliphatic hydroxyl groups is 1. The van der Waals surface area contributed by atoms with Gasteiger partial charge in [0.1, 0.15) is 0 Å². The second kappa shape index (κ2) is 12.5. The zero-order chi connectivity index (χ0) is 17.8. The molecule has 0 radical (unpaired) electrons. The van der Waals surface area contributed by atoms with Crippen LogP contribution >= 0.6 is 0 Å². The van der Waals surface area contributed by atoms with Gasteiger partial charge in [-0.05, 0) is 74.1 Å². The molecule has 0 atom stereocenters. The Bertz CT molecular complexity index is 390. The minimum Gasteiger partial charge on any atom is -0.392 e. The Balaban J connectivity index is 4.84. The van der Waals surface area contributed by atoms with Gasteiger partial charge >= 0.3 is 0 Å². The number of hydrogen-bond acceptors (Lipinski definition) is 2. The minimum atomic E-state index is 0.150. The van der Waals surface area contributed by atoms with Crippen molar-refractivity contribution >= 4 is 0 Å². The molecule has 0 spiro atoms. The Morgan fingerprint density at radius 3 is 1.91 bits per heavy atom. The lowest BCUT2D eigenvalue weighted by molar-refractivity contribution is 0.190. The normalized spacial score (nSPS) is 13.3. The van der Waals surface area contributed by atoms with Crippen molar-refractivity contribution in [1.82, 2.24) is 4.90 Å². The zero-order valence-corrected chi connectivity index (χ0v) is 16.5. The fourth-order valence-corrected chi connectivity index (χ4v) is 2.75. The van der Waals surface area contributed by atoms with E-state index in [9.17, 15) is 0 Å². The lowest BCUT2D eigenvalue weighted by atomic mass is 10.0. The molecule has 0 unspecified atom stereocenters. The van der Waals surface area contributed by atoms with Crippen molar-refractivity contribution in [2.24, 2.45) is 0 Å². The largest absolute Gasteiger partial charge is 0.392 e. The van der Waals surface area contributed by atoms with Gasteiger partial charge in [-0.2, -0.15) is 0 Å². The molecule has 0 aliphatic heterocycles. The Morgan fingerprint density at radius 2 is 1.43 bits per heavy atom. The van der Waals surface area contributed by atoms with Crippen LogP contribution < -0.4 is 0 Å². The van der Waals surface area contributed by atoms with Crippen LogP contribution in [0, 0.1) is 0 Å². The quantitative estimate of drug-likeness (QED) is 0.508. The third-order valence-corrected chi connectivity index (χ3v) is 4.14. The summed E-state index contributed by atoms with van der Waals surface area (Å²) in [5.41, 5.74) is 4.22. The van der Waals surface area contributed by atoms with Crippen molar-refractivity contribution in [2.45, 2.75) is 86.2 Å². The van der Waals surface area contributed by atoms with Gasteiger partial charge < -0.3 is 5.11 Å². The van der Waals surface area contributed by atoms with E-state index in [0.717, 1.165) is 32.2 Å². The molecule has 23 heavy (non-hydrogen) atoms. The number of hydrogen-bond donors (Lipinski definition) is 1. The maximum Gasteiger partial charge on any atom is 0.0614 e. The predicted octanol–water partition coefficient (Wildman–Crippen LogP) is 5.50. The van der Waals surface area contributed by atoms with E-state index in [1.807, 2.05) is 6.08 Å². The summed E-state index contributed by atoms with van der Waals surface area (Å²) in [6, 6.07) is 1.13. The van der Waals surface area contributed by atoms with E-state index in [4.69, 9.17) is 5.11 Å². The first-order valence-electron chi connectivity index (χ1n) is 9.11. The highest BCUT2D eigenvalue weighted by molar-refractivity contribution is 5.09. The number of aliphatic hydroxyl groups excluding tert-OH is 1. The van der Waals surface area contributed by atoms with Gasteiger partial charge in [-0.1, -0.05) is 34.9 Å². The van der Waals surface area contributed by atoms with E-state index in [1.54, 1.807) is 5.57 Å². The van der Waals surface area contributed by atoms with Gasteiger partial charge in [0, 0.05) is 18.6 Å². The van der Waals surface area contributed by atoms with Crippen LogP contribution in [-0.4, -0.2) is 35.2 Å². The first kappa shape index (κ1) is 22.1. The first-order valence-corrected chi connectivity index (χ1v) is 9.11. The molecule has 0 aromatic rings. The smallest absolute Gasteiger partial charge is 0.0614 e. The van der Waals surface area contributed by atoms with Gasteiger partial charge in [0.15, 0.2) is 0 Å². The Kier molecular flexibility index (Phi) is 12.1. The molecule has 0 amide bonds. The Morgan fingerprint density at radius 1 is 0.870 bits per heavy atom. The third kappa shape index (κ3) is 11.3. The highest BCUT2D eigenvalue weighted by atomic mass is 16.2. The predicted molar refractivity (Wildman–Crippen MR) is 104 cm³/mol. The lowest BCUT2D eigenvalue weighted by Crippen LogP contribution is -2.38. The summed E-state index contributed by atoms with van der Waals surface area (Å²) in [5, 5.41) is 8.95. The van der Waals surface area contributed by atoms with Crippen molar-refractivity contribution in [1.29, 1.82) is 0 Å². The molecule has 2 nitrogen and oxygen atoms in total. The van der Waals surface area contributed by atoms with Crippen LogP contribution in [-0.2, 0) is 0 Å². The topological polar surface area (TPSA) is 23.5 Å². The van der Waals surface area contributed by atoms with E-state index >= 15 is 0 Å². The fraction of sp³-hybridized carbons (Fsp3) is 0.714. The van der Waals surface area contributed by atoms with Crippen LogP contribution in [0.25, 0.3) is 0 Å². The molecule has 0 aliphatic rings. The lowest BCUT2D eigenvalue weighted by Gasteiger charge is -2.31. The first-order chi connectivity index (χ1) is 10.8. The summed E-state index contributed by atoms with van der Waals surface area (Å²) in [4.78, 5) is 2.56. The molecule has 0 saturated carbocycles. The number of nitrogens with zero attached hydrogens (tertiary/aromatic N) is 1. The highest BCUT2D eigenvalue weighted by Crippen LogP contribution is 2.16. The Hall–Kier alpha value is -0.860. The monoisotopic (exact) mass is 321 g/mol. The average molecular weight is 322 g/mol. The molecule has 0 heterocycles. The second-order valence-corrected chi connectivity index (χ2v) is 7.31. The summed E-state index contributed by atoms with van der Waals surface area (Å²) in [6.07, 6.45) is 11.0. The molecule has 0 aromatic heterocycles. The molecular formula is C21H39NO. The molecule has 0 saturated heterocycles. The van der Waals surface area contributed by atoms with E-state index in [-0.39, 0.29) is 6.61 Å². The molecule has 0 rings (SSSR count). The van der Waals surface area contributed by atoms with Crippen molar-refractivity contribution in [2.75, 3.05) is 13.2 Å². The average Bonchev–Trinajstić information content (AvgIpc) is 2.43. The van der Waals surface area contributed by atoms with Gasteiger partial charge in [-0.3, -0.25) is 4.90 Å². The van der Waals surface area contributed by atoms with Gasteiger partial charge in [0.2, 0.25) is 0 Å². The summed E-state index contributed by atoms with van der Waals surface area (Å²) in [6.45, 7) is 16.8. The standard InChI is InChI=1S/C21H39NO/c1-17(2)10-8-12-21(13-9-11-20(7)14-15-23)16-22(18(3)4)19(5)6/h10,13-14,18-19,23H,8-9,11-12,15-16H2,1-7H3/b20-14+,21-13-. The molecule has 2 heteroatoms. The van der Waals surface area contributed by atoms with Crippen LogP contribution in [0.1, 0.15) is 74.1 Å².